The van der Waals surface area contributed by atoms with Crippen LogP contribution in [0.5, 0.6) is 0 Å². The quantitative estimate of drug-likeness (QED) is 0.387. The second-order valence-electron chi connectivity index (χ2n) is 9.94. The van der Waals surface area contributed by atoms with Crippen molar-refractivity contribution in [3.63, 3.8) is 0 Å². The molecule has 0 N–H and O–H groups in total. The molecule has 0 bridgehead atoms. The lowest BCUT2D eigenvalue weighted by molar-refractivity contribution is 0.103. The van der Waals surface area contributed by atoms with Crippen molar-refractivity contribution in [3.8, 4) is 0 Å². The molecule has 0 radical (unpaired) electrons. The van der Waals surface area contributed by atoms with Crippen molar-refractivity contribution in [2.45, 2.75) is 107 Å². The Morgan fingerprint density at radius 1 is 1.05 bits per heavy atom. The molecule has 0 amide bonds. The molecule has 0 aromatic carbocycles. The van der Waals surface area contributed by atoms with Crippen LogP contribution in [0.2, 0.25) is 0 Å². The van der Waals surface area contributed by atoms with Crippen molar-refractivity contribution in [1.29, 1.82) is 0 Å². The third-order valence-electron chi connectivity index (χ3n) is 7.28. The Kier molecular flexibility index (Phi) is 6.62. The van der Waals surface area contributed by atoms with Gasteiger partial charge in [-0.25, -0.2) is 0 Å². The molecule has 1 fully saturated rings. The summed E-state index contributed by atoms with van der Waals surface area (Å²) < 4.78 is 0. The second-order valence-corrected chi connectivity index (χ2v) is 9.94. The zero-order chi connectivity index (χ0) is 17.2. The van der Waals surface area contributed by atoms with E-state index in [0.29, 0.717) is 16.2 Å². The molecule has 0 spiro atoms. The minimum Gasteiger partial charge on any atom is -0.0654 e. The molecule has 0 saturated heterocycles. The Morgan fingerprint density at radius 3 is 2.05 bits per heavy atom. The SMILES string of the molecule is CCCC(C)(C)CC1(CC(C)CC)CC1C(C)(CC)C(C)C. The molecule has 1 rings (SSSR count). The topological polar surface area (TPSA) is 0 Å². The Bertz CT molecular complexity index is 340. The maximum Gasteiger partial charge on any atom is -0.0253 e. The summed E-state index contributed by atoms with van der Waals surface area (Å²) in [5.74, 6) is 2.64. The summed E-state index contributed by atoms with van der Waals surface area (Å²) in [4.78, 5) is 0. The molecule has 0 aromatic rings. The molecule has 0 heteroatoms. The molecule has 0 heterocycles. The Balaban J connectivity index is 2.98. The van der Waals surface area contributed by atoms with Crippen LogP contribution in [-0.4, -0.2) is 0 Å². The van der Waals surface area contributed by atoms with Crippen LogP contribution >= 0.6 is 0 Å². The summed E-state index contributed by atoms with van der Waals surface area (Å²) in [6, 6.07) is 0. The van der Waals surface area contributed by atoms with E-state index in [1.54, 1.807) is 0 Å². The van der Waals surface area contributed by atoms with E-state index in [2.05, 4.69) is 62.3 Å². The van der Waals surface area contributed by atoms with Gasteiger partial charge in [-0.2, -0.15) is 0 Å². The first-order valence-corrected chi connectivity index (χ1v) is 10.1. The van der Waals surface area contributed by atoms with Crippen molar-refractivity contribution in [2.75, 3.05) is 0 Å². The van der Waals surface area contributed by atoms with E-state index in [1.807, 2.05) is 0 Å². The minimum absolute atomic E-state index is 0.516. The van der Waals surface area contributed by atoms with Gasteiger partial charge in [0, 0.05) is 0 Å². The molecule has 0 nitrogen and oxygen atoms in total. The third kappa shape index (κ3) is 4.30. The van der Waals surface area contributed by atoms with Crippen molar-refractivity contribution in [2.24, 2.45) is 34.0 Å². The highest BCUT2D eigenvalue weighted by Crippen LogP contribution is 2.70. The molecule has 132 valence electrons. The van der Waals surface area contributed by atoms with Gasteiger partial charge < -0.3 is 0 Å². The highest BCUT2D eigenvalue weighted by Gasteiger charge is 2.62. The van der Waals surface area contributed by atoms with Crippen LogP contribution in [0.25, 0.3) is 0 Å². The highest BCUT2D eigenvalue weighted by atomic mass is 14.7. The van der Waals surface area contributed by atoms with E-state index >= 15 is 0 Å². The van der Waals surface area contributed by atoms with E-state index in [0.717, 1.165) is 17.8 Å². The van der Waals surface area contributed by atoms with Crippen molar-refractivity contribution < 1.29 is 0 Å². The summed E-state index contributed by atoms with van der Waals surface area (Å²) >= 11 is 0. The van der Waals surface area contributed by atoms with Crippen LogP contribution in [0.1, 0.15) is 107 Å². The zero-order valence-corrected chi connectivity index (χ0v) is 17.2. The van der Waals surface area contributed by atoms with Gasteiger partial charge in [-0.15, -0.1) is 0 Å². The predicted molar refractivity (Wildman–Crippen MR) is 101 cm³/mol. The zero-order valence-electron chi connectivity index (χ0n) is 17.2. The summed E-state index contributed by atoms with van der Waals surface area (Å²) in [5, 5.41) is 0. The summed E-state index contributed by atoms with van der Waals surface area (Å²) in [6.07, 6.45) is 9.79. The lowest BCUT2D eigenvalue weighted by atomic mass is 9.66. The first-order valence-electron chi connectivity index (χ1n) is 10.1. The first kappa shape index (κ1) is 20.0. The summed E-state index contributed by atoms with van der Waals surface area (Å²) in [5.41, 5.74) is 1.70. The summed E-state index contributed by atoms with van der Waals surface area (Å²) in [6.45, 7) is 22.1. The largest absolute Gasteiger partial charge is 0.0654 e. The van der Waals surface area contributed by atoms with E-state index in [-0.39, 0.29) is 0 Å². The normalized spacial score (nSPS) is 29.5. The van der Waals surface area contributed by atoms with E-state index in [9.17, 15) is 0 Å². The molecule has 1 aliphatic carbocycles. The molecule has 1 saturated carbocycles. The van der Waals surface area contributed by atoms with Gasteiger partial charge in [-0.1, -0.05) is 81.6 Å². The Labute approximate surface area is 141 Å². The lowest BCUT2D eigenvalue weighted by Gasteiger charge is -2.39. The maximum absolute atomic E-state index is 2.58. The number of rotatable bonds is 10. The number of hydrogen-bond acceptors (Lipinski definition) is 0. The third-order valence-corrected chi connectivity index (χ3v) is 7.28. The molecule has 0 aromatic heterocycles. The van der Waals surface area contributed by atoms with Crippen LogP contribution < -0.4 is 0 Å². The molecule has 4 atom stereocenters. The van der Waals surface area contributed by atoms with Gasteiger partial charge in [-0.3, -0.25) is 0 Å². The standard InChI is InChI=1S/C22H44/c1-10-13-20(7,8)16-22(14-18(6)11-2)15-19(22)21(9,12-3)17(4)5/h17-19H,10-16H2,1-9H3. The Hall–Kier alpha value is 0. The van der Waals surface area contributed by atoms with Crippen LogP contribution in [0, 0.1) is 34.0 Å². The van der Waals surface area contributed by atoms with Crippen LogP contribution in [0.4, 0.5) is 0 Å². The van der Waals surface area contributed by atoms with E-state index in [4.69, 9.17) is 0 Å². The minimum atomic E-state index is 0.516. The fourth-order valence-corrected chi connectivity index (χ4v) is 5.39. The molecular weight excluding hydrogens is 264 g/mol. The average molecular weight is 309 g/mol. The summed E-state index contributed by atoms with van der Waals surface area (Å²) in [7, 11) is 0. The second kappa shape index (κ2) is 7.27. The molecule has 1 aliphatic rings. The maximum atomic E-state index is 2.58. The highest BCUT2D eigenvalue weighted by molar-refractivity contribution is 5.11. The first-order chi connectivity index (χ1) is 10.1. The van der Waals surface area contributed by atoms with Gasteiger partial charge in [0.05, 0.1) is 0 Å². The smallest absolute Gasteiger partial charge is 0.0253 e. The predicted octanol–water partition coefficient (Wildman–Crippen LogP) is 7.72. The van der Waals surface area contributed by atoms with Crippen molar-refractivity contribution in [1.82, 2.24) is 0 Å². The Morgan fingerprint density at radius 2 is 1.64 bits per heavy atom. The fraction of sp³-hybridized carbons (Fsp3) is 1.00. The van der Waals surface area contributed by atoms with Crippen LogP contribution in [0.15, 0.2) is 0 Å². The van der Waals surface area contributed by atoms with Crippen LogP contribution in [0.3, 0.4) is 0 Å². The number of hydrogen-bond donors (Lipinski definition) is 0. The van der Waals surface area contributed by atoms with E-state index < -0.39 is 0 Å². The van der Waals surface area contributed by atoms with Gasteiger partial charge in [0.25, 0.3) is 0 Å². The van der Waals surface area contributed by atoms with Gasteiger partial charge in [0.2, 0.25) is 0 Å². The monoisotopic (exact) mass is 308 g/mol. The van der Waals surface area contributed by atoms with Gasteiger partial charge >= 0.3 is 0 Å². The van der Waals surface area contributed by atoms with Crippen LogP contribution in [-0.2, 0) is 0 Å². The molecule has 22 heavy (non-hydrogen) atoms. The van der Waals surface area contributed by atoms with E-state index in [1.165, 1.54) is 44.9 Å². The van der Waals surface area contributed by atoms with Crippen molar-refractivity contribution in [3.05, 3.63) is 0 Å². The van der Waals surface area contributed by atoms with Gasteiger partial charge in [0.15, 0.2) is 0 Å². The van der Waals surface area contributed by atoms with Gasteiger partial charge in [-0.05, 0) is 59.7 Å². The van der Waals surface area contributed by atoms with Gasteiger partial charge in [0.1, 0.15) is 0 Å². The molecule has 0 aliphatic heterocycles. The average Bonchev–Trinajstić information content (AvgIpc) is 3.10. The van der Waals surface area contributed by atoms with Crippen molar-refractivity contribution >= 4 is 0 Å². The molecular formula is C22H44. The molecule has 4 unspecified atom stereocenters. The lowest BCUT2D eigenvalue weighted by Crippen LogP contribution is -2.31. The fourth-order valence-electron chi connectivity index (χ4n) is 5.39.